The van der Waals surface area contributed by atoms with Crippen molar-refractivity contribution in [2.75, 3.05) is 25.0 Å². The van der Waals surface area contributed by atoms with Gasteiger partial charge in [-0.1, -0.05) is 48.5 Å². The second-order valence-electron chi connectivity index (χ2n) is 5.08. The summed E-state index contributed by atoms with van der Waals surface area (Å²) in [4.78, 5) is 2.43. The zero-order valence-corrected chi connectivity index (χ0v) is 12.6. The van der Waals surface area contributed by atoms with E-state index in [1.165, 1.54) is 16.8 Å². The zero-order chi connectivity index (χ0) is 14.4. The molecule has 0 spiro atoms. The molecule has 2 aromatic rings. The number of rotatable bonds is 6. The lowest BCUT2D eigenvalue weighted by atomic mass is 10.1. The van der Waals surface area contributed by atoms with E-state index in [0.29, 0.717) is 6.04 Å². The van der Waals surface area contributed by atoms with Crippen molar-refractivity contribution in [3.8, 4) is 0 Å². The number of aryl methyl sites for hydroxylation is 1. The van der Waals surface area contributed by atoms with Gasteiger partial charge < -0.3 is 10.2 Å². The molecule has 1 atom stereocenters. The molecule has 0 saturated carbocycles. The second-order valence-corrected chi connectivity index (χ2v) is 5.08. The largest absolute Gasteiger partial charge is 0.370 e. The van der Waals surface area contributed by atoms with Crippen LogP contribution >= 0.6 is 0 Å². The van der Waals surface area contributed by atoms with E-state index in [-0.39, 0.29) is 0 Å². The van der Waals surface area contributed by atoms with Crippen LogP contribution in [0.25, 0.3) is 0 Å². The Balaban J connectivity index is 2.19. The Hall–Kier alpha value is -1.80. The first kappa shape index (κ1) is 14.6. The Bertz CT molecular complexity index is 522. The maximum Gasteiger partial charge on any atom is 0.0495 e. The molecule has 2 heteroatoms. The molecule has 2 rings (SSSR count). The highest BCUT2D eigenvalue weighted by molar-refractivity contribution is 5.53. The minimum absolute atomic E-state index is 0.343. The molecular weight excluding hydrogens is 244 g/mol. The predicted molar refractivity (Wildman–Crippen MR) is 87.3 cm³/mol. The molecule has 2 nitrogen and oxygen atoms in total. The van der Waals surface area contributed by atoms with Crippen LogP contribution in [-0.4, -0.2) is 20.1 Å². The molecule has 1 N–H and O–H groups in total. The maximum absolute atomic E-state index is 3.43. The number of anilines is 1. The summed E-state index contributed by atoms with van der Waals surface area (Å²) in [5.74, 6) is 0. The van der Waals surface area contributed by atoms with E-state index in [0.717, 1.165) is 13.1 Å². The summed E-state index contributed by atoms with van der Waals surface area (Å²) < 4.78 is 0. The van der Waals surface area contributed by atoms with Crippen molar-refractivity contribution in [2.45, 2.75) is 19.9 Å². The topological polar surface area (TPSA) is 15.3 Å². The first-order valence-corrected chi connectivity index (χ1v) is 7.29. The molecule has 0 amide bonds. The van der Waals surface area contributed by atoms with Crippen molar-refractivity contribution >= 4 is 5.69 Å². The molecule has 0 aliphatic rings. The van der Waals surface area contributed by atoms with Crippen molar-refractivity contribution < 1.29 is 0 Å². The third-order valence-corrected chi connectivity index (χ3v) is 3.79. The molecule has 0 saturated heterocycles. The number of para-hydroxylation sites is 1. The third-order valence-electron chi connectivity index (χ3n) is 3.79. The quantitative estimate of drug-likeness (QED) is 0.857. The minimum Gasteiger partial charge on any atom is -0.370 e. The predicted octanol–water partition coefficient (Wildman–Crippen LogP) is 3.78. The molecule has 106 valence electrons. The molecule has 0 aromatic heterocycles. The molecule has 0 radical (unpaired) electrons. The molecule has 0 fully saturated rings. The van der Waals surface area contributed by atoms with Gasteiger partial charge in [0, 0.05) is 24.8 Å². The molecule has 0 aliphatic carbocycles. The zero-order valence-electron chi connectivity index (χ0n) is 12.6. The molecule has 1 unspecified atom stereocenters. The Morgan fingerprint density at radius 1 is 1.00 bits per heavy atom. The van der Waals surface area contributed by atoms with Gasteiger partial charge in [0.25, 0.3) is 0 Å². The van der Waals surface area contributed by atoms with E-state index in [1.54, 1.807) is 0 Å². The number of nitrogens with zero attached hydrogens (tertiary/aromatic N) is 1. The van der Waals surface area contributed by atoms with Crippen molar-refractivity contribution in [2.24, 2.45) is 0 Å². The van der Waals surface area contributed by atoms with Crippen molar-refractivity contribution in [3.05, 3.63) is 65.7 Å². The van der Waals surface area contributed by atoms with Gasteiger partial charge in [0.1, 0.15) is 0 Å². The van der Waals surface area contributed by atoms with E-state index >= 15 is 0 Å². The lowest BCUT2D eigenvalue weighted by molar-refractivity contribution is 0.576. The summed E-state index contributed by atoms with van der Waals surface area (Å²) in [6.45, 7) is 6.37. The molecule has 0 bridgehead atoms. The van der Waals surface area contributed by atoms with Crippen molar-refractivity contribution in [1.82, 2.24) is 5.32 Å². The van der Waals surface area contributed by atoms with Crippen LogP contribution in [0.2, 0.25) is 0 Å². The SMILES string of the molecule is CCN(CC(NC)c1ccccc1)c1ccccc1C. The summed E-state index contributed by atoms with van der Waals surface area (Å²) in [5.41, 5.74) is 3.99. The minimum atomic E-state index is 0.343. The summed E-state index contributed by atoms with van der Waals surface area (Å²) in [5, 5.41) is 3.43. The van der Waals surface area contributed by atoms with Crippen LogP contribution in [0.3, 0.4) is 0 Å². The summed E-state index contributed by atoms with van der Waals surface area (Å²) in [6, 6.07) is 19.6. The van der Waals surface area contributed by atoms with Crippen LogP contribution in [0.1, 0.15) is 24.1 Å². The van der Waals surface area contributed by atoms with Gasteiger partial charge in [-0.2, -0.15) is 0 Å². The smallest absolute Gasteiger partial charge is 0.0495 e. The third kappa shape index (κ3) is 3.40. The lowest BCUT2D eigenvalue weighted by Gasteiger charge is -2.29. The average molecular weight is 268 g/mol. The van der Waals surface area contributed by atoms with Gasteiger partial charge in [-0.3, -0.25) is 0 Å². The van der Waals surface area contributed by atoms with E-state index in [9.17, 15) is 0 Å². The summed E-state index contributed by atoms with van der Waals surface area (Å²) >= 11 is 0. The Morgan fingerprint density at radius 2 is 1.65 bits per heavy atom. The van der Waals surface area contributed by atoms with Gasteiger partial charge in [-0.05, 0) is 38.1 Å². The van der Waals surface area contributed by atoms with E-state index < -0.39 is 0 Å². The average Bonchev–Trinajstić information content (AvgIpc) is 2.50. The Labute approximate surface area is 122 Å². The monoisotopic (exact) mass is 268 g/mol. The molecule has 0 aliphatic heterocycles. The molecule has 0 heterocycles. The lowest BCUT2D eigenvalue weighted by Crippen LogP contribution is -2.34. The molecule has 2 aromatic carbocycles. The number of nitrogens with one attached hydrogen (secondary N) is 1. The standard InChI is InChI=1S/C18H24N2/c1-4-20(18-13-9-8-10-15(18)2)14-17(19-3)16-11-6-5-7-12-16/h5-13,17,19H,4,14H2,1-3H3. The van der Waals surface area contributed by atoms with Crippen LogP contribution in [0.15, 0.2) is 54.6 Å². The highest BCUT2D eigenvalue weighted by Gasteiger charge is 2.14. The van der Waals surface area contributed by atoms with Gasteiger partial charge in [0.05, 0.1) is 0 Å². The molecule has 20 heavy (non-hydrogen) atoms. The van der Waals surface area contributed by atoms with Crippen molar-refractivity contribution in [3.63, 3.8) is 0 Å². The van der Waals surface area contributed by atoms with Gasteiger partial charge in [-0.25, -0.2) is 0 Å². The highest BCUT2D eigenvalue weighted by atomic mass is 15.1. The van der Waals surface area contributed by atoms with Crippen LogP contribution in [0.5, 0.6) is 0 Å². The summed E-state index contributed by atoms with van der Waals surface area (Å²) in [6.07, 6.45) is 0. The normalized spacial score (nSPS) is 12.2. The second kappa shape index (κ2) is 7.11. The van der Waals surface area contributed by atoms with Gasteiger partial charge in [-0.15, -0.1) is 0 Å². The van der Waals surface area contributed by atoms with Gasteiger partial charge >= 0.3 is 0 Å². The van der Waals surface area contributed by atoms with E-state index in [2.05, 4.69) is 78.7 Å². The fourth-order valence-corrected chi connectivity index (χ4v) is 2.59. The first-order chi connectivity index (χ1) is 9.76. The van der Waals surface area contributed by atoms with E-state index in [1.807, 2.05) is 7.05 Å². The summed E-state index contributed by atoms with van der Waals surface area (Å²) in [7, 11) is 2.03. The number of hydrogen-bond donors (Lipinski definition) is 1. The fourth-order valence-electron chi connectivity index (χ4n) is 2.59. The number of likely N-dealkylation sites (N-methyl/N-ethyl adjacent to an activating group) is 2. The Kier molecular flexibility index (Phi) is 5.19. The van der Waals surface area contributed by atoms with Crippen LogP contribution in [-0.2, 0) is 0 Å². The highest BCUT2D eigenvalue weighted by Crippen LogP contribution is 2.22. The van der Waals surface area contributed by atoms with Gasteiger partial charge in [0.15, 0.2) is 0 Å². The van der Waals surface area contributed by atoms with Gasteiger partial charge in [0.2, 0.25) is 0 Å². The number of hydrogen-bond acceptors (Lipinski definition) is 2. The number of benzene rings is 2. The fraction of sp³-hybridized carbons (Fsp3) is 0.333. The maximum atomic E-state index is 3.43. The van der Waals surface area contributed by atoms with E-state index in [4.69, 9.17) is 0 Å². The van der Waals surface area contributed by atoms with Crippen LogP contribution in [0.4, 0.5) is 5.69 Å². The van der Waals surface area contributed by atoms with Crippen LogP contribution < -0.4 is 10.2 Å². The molecular formula is C18H24N2. The first-order valence-electron chi connectivity index (χ1n) is 7.29. The van der Waals surface area contributed by atoms with Crippen LogP contribution in [0, 0.1) is 6.92 Å². The Morgan fingerprint density at radius 3 is 2.25 bits per heavy atom. The van der Waals surface area contributed by atoms with Crippen molar-refractivity contribution in [1.29, 1.82) is 0 Å².